The maximum atomic E-state index is 12.5. The molecule has 28 heavy (non-hydrogen) atoms. The van der Waals surface area contributed by atoms with E-state index in [0.717, 1.165) is 39.1 Å². The zero-order chi connectivity index (χ0) is 19.8. The average Bonchev–Trinajstić information content (AvgIpc) is 3.09. The summed E-state index contributed by atoms with van der Waals surface area (Å²) in [5, 5.41) is 3.05. The van der Waals surface area contributed by atoms with E-state index in [1.165, 1.54) is 18.5 Å². The quantitative estimate of drug-likeness (QED) is 0.693. The lowest BCUT2D eigenvalue weighted by atomic mass is 10.1. The molecule has 0 unspecified atom stereocenters. The number of amides is 2. The molecule has 1 aromatic rings. The zero-order valence-electron chi connectivity index (χ0n) is 17.1. The lowest BCUT2D eigenvalue weighted by molar-refractivity contribution is -0.129. The fraction of sp³-hybridized carbons (Fsp3) is 0.636. The number of rotatable bonds is 9. The minimum absolute atomic E-state index is 0.0279. The van der Waals surface area contributed by atoms with Crippen molar-refractivity contribution in [3.8, 4) is 0 Å². The van der Waals surface area contributed by atoms with Crippen LogP contribution in [0.25, 0.3) is 0 Å². The predicted molar refractivity (Wildman–Crippen MR) is 111 cm³/mol. The van der Waals surface area contributed by atoms with Crippen LogP contribution < -0.4 is 5.32 Å². The van der Waals surface area contributed by atoms with Crippen LogP contribution in [0.5, 0.6) is 0 Å². The van der Waals surface area contributed by atoms with Crippen molar-refractivity contribution in [3.63, 3.8) is 0 Å². The molecule has 2 fully saturated rings. The van der Waals surface area contributed by atoms with Crippen LogP contribution in [0.3, 0.4) is 0 Å². The number of carbonyl (C=O) groups excluding carboxylic acids is 2. The first kappa shape index (κ1) is 20.8. The molecule has 0 saturated carbocycles. The van der Waals surface area contributed by atoms with Crippen molar-refractivity contribution in [1.29, 1.82) is 0 Å². The highest BCUT2D eigenvalue weighted by atomic mass is 16.2. The van der Waals surface area contributed by atoms with E-state index in [-0.39, 0.29) is 17.7 Å². The van der Waals surface area contributed by atoms with Gasteiger partial charge in [-0.15, -0.1) is 0 Å². The molecule has 1 atom stereocenters. The van der Waals surface area contributed by atoms with Crippen LogP contribution in [0, 0.1) is 5.92 Å². The van der Waals surface area contributed by atoms with E-state index >= 15 is 0 Å². The summed E-state index contributed by atoms with van der Waals surface area (Å²) in [7, 11) is 0. The maximum Gasteiger partial charge on any atom is 0.225 e. The number of nitrogens with one attached hydrogen (secondary N) is 1. The Hall–Kier alpha value is -1.92. The number of benzene rings is 1. The molecule has 0 bridgehead atoms. The first-order chi connectivity index (χ1) is 13.7. The van der Waals surface area contributed by atoms with Gasteiger partial charge in [0.15, 0.2) is 0 Å². The van der Waals surface area contributed by atoms with Crippen LogP contribution in [-0.4, -0.2) is 85.4 Å². The van der Waals surface area contributed by atoms with Gasteiger partial charge in [0.1, 0.15) is 0 Å². The van der Waals surface area contributed by atoms with Gasteiger partial charge in [-0.05, 0) is 24.9 Å². The summed E-state index contributed by atoms with van der Waals surface area (Å²) >= 11 is 0. The third-order valence-corrected chi connectivity index (χ3v) is 5.83. The van der Waals surface area contributed by atoms with Crippen LogP contribution in [0.2, 0.25) is 0 Å². The maximum absolute atomic E-state index is 12.5. The fourth-order valence-electron chi connectivity index (χ4n) is 4.11. The Kier molecular flexibility index (Phi) is 7.86. The van der Waals surface area contributed by atoms with E-state index in [0.29, 0.717) is 26.1 Å². The van der Waals surface area contributed by atoms with E-state index < -0.39 is 0 Å². The SMILES string of the molecule is CCCN1CCN(CCNC(=O)[C@@H]2CC(=O)N(CCc3ccccc3)C2)CC1. The van der Waals surface area contributed by atoms with Crippen LogP contribution in [-0.2, 0) is 16.0 Å². The number of hydrogen-bond donors (Lipinski definition) is 1. The van der Waals surface area contributed by atoms with Gasteiger partial charge >= 0.3 is 0 Å². The van der Waals surface area contributed by atoms with Crippen LogP contribution in [0.1, 0.15) is 25.3 Å². The van der Waals surface area contributed by atoms with Crippen molar-refractivity contribution >= 4 is 11.8 Å². The van der Waals surface area contributed by atoms with E-state index in [4.69, 9.17) is 0 Å². The Morgan fingerprint density at radius 2 is 1.71 bits per heavy atom. The molecule has 154 valence electrons. The molecule has 0 aromatic heterocycles. The molecule has 2 aliphatic rings. The van der Waals surface area contributed by atoms with Gasteiger partial charge in [-0.3, -0.25) is 14.5 Å². The molecular formula is C22H34N4O2. The molecule has 6 heteroatoms. The third kappa shape index (κ3) is 6.04. The average molecular weight is 387 g/mol. The van der Waals surface area contributed by atoms with Crippen LogP contribution >= 0.6 is 0 Å². The van der Waals surface area contributed by atoms with Gasteiger partial charge in [0.05, 0.1) is 5.92 Å². The van der Waals surface area contributed by atoms with Crippen molar-refractivity contribution in [2.45, 2.75) is 26.2 Å². The summed E-state index contributed by atoms with van der Waals surface area (Å²) in [4.78, 5) is 31.5. The summed E-state index contributed by atoms with van der Waals surface area (Å²) in [6.45, 7) is 10.6. The molecule has 2 saturated heterocycles. The normalized spacial score (nSPS) is 21.2. The molecule has 1 aromatic carbocycles. The summed E-state index contributed by atoms with van der Waals surface area (Å²) in [6, 6.07) is 10.2. The molecule has 0 radical (unpaired) electrons. The van der Waals surface area contributed by atoms with Gasteiger partial charge in [0.25, 0.3) is 0 Å². The molecule has 6 nitrogen and oxygen atoms in total. The molecule has 0 aliphatic carbocycles. The molecule has 2 amide bonds. The highest BCUT2D eigenvalue weighted by molar-refractivity contribution is 5.89. The van der Waals surface area contributed by atoms with Gasteiger partial charge in [0, 0.05) is 58.8 Å². The van der Waals surface area contributed by atoms with Crippen molar-refractivity contribution in [3.05, 3.63) is 35.9 Å². The Bertz CT molecular complexity index is 629. The zero-order valence-corrected chi connectivity index (χ0v) is 17.1. The third-order valence-electron chi connectivity index (χ3n) is 5.83. The number of hydrogen-bond acceptors (Lipinski definition) is 4. The Morgan fingerprint density at radius 1 is 1.04 bits per heavy atom. The molecule has 2 aliphatic heterocycles. The Balaban J connectivity index is 1.33. The van der Waals surface area contributed by atoms with Gasteiger partial charge in [-0.2, -0.15) is 0 Å². The van der Waals surface area contributed by atoms with Crippen molar-refractivity contribution in [2.75, 3.05) is 58.9 Å². The molecule has 3 rings (SSSR count). The predicted octanol–water partition coefficient (Wildman–Crippen LogP) is 1.22. The van der Waals surface area contributed by atoms with Crippen molar-refractivity contribution < 1.29 is 9.59 Å². The Labute approximate surface area is 168 Å². The number of likely N-dealkylation sites (tertiary alicyclic amines) is 1. The second kappa shape index (κ2) is 10.6. The van der Waals surface area contributed by atoms with E-state index in [1.54, 1.807) is 0 Å². The number of piperazine rings is 1. The second-order valence-corrected chi connectivity index (χ2v) is 7.95. The summed E-state index contributed by atoms with van der Waals surface area (Å²) < 4.78 is 0. The standard InChI is InChI=1S/C22H34N4O2/c1-2-10-24-13-15-25(16-14-24)12-9-23-22(28)20-17-21(27)26(18-20)11-8-19-6-4-3-5-7-19/h3-7,20H,2,8-18H2,1H3,(H,23,28)/t20-/m1/s1. The van der Waals surface area contributed by atoms with Gasteiger partial charge in [0.2, 0.25) is 11.8 Å². The highest BCUT2D eigenvalue weighted by Gasteiger charge is 2.33. The molecule has 0 spiro atoms. The molecular weight excluding hydrogens is 352 g/mol. The van der Waals surface area contributed by atoms with Gasteiger partial charge < -0.3 is 15.1 Å². The van der Waals surface area contributed by atoms with Crippen LogP contribution in [0.4, 0.5) is 0 Å². The van der Waals surface area contributed by atoms with Crippen molar-refractivity contribution in [2.24, 2.45) is 5.92 Å². The van der Waals surface area contributed by atoms with Crippen LogP contribution in [0.15, 0.2) is 30.3 Å². The lowest BCUT2D eigenvalue weighted by Gasteiger charge is -2.34. The number of nitrogens with zero attached hydrogens (tertiary/aromatic N) is 3. The highest BCUT2D eigenvalue weighted by Crippen LogP contribution is 2.18. The van der Waals surface area contributed by atoms with E-state index in [1.807, 2.05) is 23.1 Å². The minimum atomic E-state index is -0.204. The monoisotopic (exact) mass is 386 g/mol. The smallest absolute Gasteiger partial charge is 0.225 e. The second-order valence-electron chi connectivity index (χ2n) is 7.95. The fourth-order valence-corrected chi connectivity index (χ4v) is 4.11. The first-order valence-electron chi connectivity index (χ1n) is 10.7. The molecule has 2 heterocycles. The summed E-state index contributed by atoms with van der Waals surface area (Å²) in [5.74, 6) is -0.0759. The molecule has 1 N–H and O–H groups in total. The van der Waals surface area contributed by atoms with Gasteiger partial charge in [-0.1, -0.05) is 37.3 Å². The van der Waals surface area contributed by atoms with Gasteiger partial charge in [-0.25, -0.2) is 0 Å². The lowest BCUT2D eigenvalue weighted by Crippen LogP contribution is -2.48. The largest absolute Gasteiger partial charge is 0.355 e. The van der Waals surface area contributed by atoms with E-state index in [9.17, 15) is 9.59 Å². The minimum Gasteiger partial charge on any atom is -0.355 e. The topological polar surface area (TPSA) is 55.9 Å². The Morgan fingerprint density at radius 3 is 2.39 bits per heavy atom. The van der Waals surface area contributed by atoms with E-state index in [2.05, 4.69) is 34.2 Å². The summed E-state index contributed by atoms with van der Waals surface area (Å²) in [6.07, 6.45) is 2.39. The van der Waals surface area contributed by atoms with Crippen molar-refractivity contribution in [1.82, 2.24) is 20.0 Å². The summed E-state index contributed by atoms with van der Waals surface area (Å²) in [5.41, 5.74) is 1.22. The number of carbonyl (C=O) groups is 2. The first-order valence-corrected chi connectivity index (χ1v) is 10.7.